The second kappa shape index (κ2) is 8.63. The van der Waals surface area contributed by atoms with Crippen molar-refractivity contribution in [3.63, 3.8) is 0 Å². The van der Waals surface area contributed by atoms with Crippen molar-refractivity contribution in [3.05, 3.63) is 0 Å². The largest absolute Gasteiger partial charge is 0.355 e. The second-order valence-electron chi connectivity index (χ2n) is 7.02. The van der Waals surface area contributed by atoms with E-state index in [2.05, 4.69) is 49.9 Å². The molecule has 4 nitrogen and oxygen atoms in total. The Bertz CT molecular complexity index is 283. The van der Waals surface area contributed by atoms with Crippen molar-refractivity contribution in [1.29, 1.82) is 0 Å². The van der Waals surface area contributed by atoms with Crippen molar-refractivity contribution < 1.29 is 4.79 Å². The maximum atomic E-state index is 11.8. The molecule has 1 fully saturated rings. The van der Waals surface area contributed by atoms with Crippen LogP contribution in [0.1, 0.15) is 40.5 Å². The number of rotatable bonds is 7. The van der Waals surface area contributed by atoms with Crippen molar-refractivity contribution in [2.24, 2.45) is 11.8 Å². The van der Waals surface area contributed by atoms with E-state index in [0.29, 0.717) is 24.3 Å². The van der Waals surface area contributed by atoms with Crippen LogP contribution in [0.2, 0.25) is 0 Å². The van der Waals surface area contributed by atoms with Gasteiger partial charge in [0.1, 0.15) is 0 Å². The number of hydrogen-bond acceptors (Lipinski definition) is 3. The molecule has 1 heterocycles. The zero-order valence-electron chi connectivity index (χ0n) is 14.0. The van der Waals surface area contributed by atoms with Crippen molar-refractivity contribution in [2.45, 2.75) is 46.6 Å². The maximum absolute atomic E-state index is 11.8. The van der Waals surface area contributed by atoms with Crippen molar-refractivity contribution >= 4 is 5.91 Å². The SMILES string of the molecule is CC(C)CC(=O)NCC(CC(C)C)N1CCN(C)CC1. The molecule has 0 aliphatic carbocycles. The third-order valence-corrected chi connectivity index (χ3v) is 3.93. The summed E-state index contributed by atoms with van der Waals surface area (Å²) in [6.07, 6.45) is 1.79. The van der Waals surface area contributed by atoms with Gasteiger partial charge in [-0.1, -0.05) is 27.7 Å². The van der Waals surface area contributed by atoms with Crippen LogP contribution in [0.4, 0.5) is 0 Å². The Labute approximate surface area is 124 Å². The quantitative estimate of drug-likeness (QED) is 0.774. The highest BCUT2D eigenvalue weighted by atomic mass is 16.1. The fourth-order valence-electron chi connectivity index (χ4n) is 2.77. The summed E-state index contributed by atoms with van der Waals surface area (Å²) >= 11 is 0. The van der Waals surface area contributed by atoms with Gasteiger partial charge >= 0.3 is 0 Å². The number of amides is 1. The molecule has 1 rings (SSSR count). The molecule has 0 aromatic heterocycles. The fraction of sp³-hybridized carbons (Fsp3) is 0.938. The van der Waals surface area contributed by atoms with Gasteiger partial charge in [-0.05, 0) is 25.3 Å². The number of nitrogens with zero attached hydrogens (tertiary/aromatic N) is 2. The Hall–Kier alpha value is -0.610. The number of piperazine rings is 1. The normalized spacial score (nSPS) is 19.6. The molecule has 0 aromatic carbocycles. The molecule has 0 saturated carbocycles. The number of likely N-dealkylation sites (N-methyl/N-ethyl adjacent to an activating group) is 1. The first-order valence-corrected chi connectivity index (χ1v) is 8.07. The molecule has 118 valence electrons. The highest BCUT2D eigenvalue weighted by molar-refractivity contribution is 5.76. The van der Waals surface area contributed by atoms with E-state index in [-0.39, 0.29) is 5.91 Å². The fourth-order valence-corrected chi connectivity index (χ4v) is 2.77. The Balaban J connectivity index is 2.45. The van der Waals surface area contributed by atoms with Gasteiger partial charge in [0.05, 0.1) is 0 Å². The average molecular weight is 283 g/mol. The minimum Gasteiger partial charge on any atom is -0.355 e. The lowest BCUT2D eigenvalue weighted by Crippen LogP contribution is -2.52. The minimum absolute atomic E-state index is 0.197. The lowest BCUT2D eigenvalue weighted by molar-refractivity contribution is -0.122. The van der Waals surface area contributed by atoms with E-state index in [1.807, 2.05) is 0 Å². The molecule has 20 heavy (non-hydrogen) atoms. The summed E-state index contributed by atoms with van der Waals surface area (Å²) in [6, 6.07) is 0.486. The number of hydrogen-bond donors (Lipinski definition) is 1. The first-order valence-electron chi connectivity index (χ1n) is 8.07. The van der Waals surface area contributed by atoms with Gasteiger partial charge in [-0.2, -0.15) is 0 Å². The molecule has 0 aromatic rings. The topological polar surface area (TPSA) is 35.6 Å². The summed E-state index contributed by atoms with van der Waals surface area (Å²) in [6.45, 7) is 14.0. The molecule has 1 amide bonds. The summed E-state index contributed by atoms with van der Waals surface area (Å²) in [4.78, 5) is 16.8. The van der Waals surface area contributed by atoms with E-state index in [9.17, 15) is 4.79 Å². The van der Waals surface area contributed by atoms with Crippen LogP contribution in [-0.4, -0.2) is 61.5 Å². The van der Waals surface area contributed by atoms with E-state index in [0.717, 1.165) is 39.1 Å². The Morgan fingerprint density at radius 1 is 1.05 bits per heavy atom. The van der Waals surface area contributed by atoms with Gasteiger partial charge in [0, 0.05) is 45.2 Å². The number of carbonyl (C=O) groups is 1. The summed E-state index contributed by atoms with van der Waals surface area (Å²) in [5, 5.41) is 3.13. The van der Waals surface area contributed by atoms with Crippen molar-refractivity contribution in [1.82, 2.24) is 15.1 Å². The van der Waals surface area contributed by atoms with Crippen LogP contribution in [0.15, 0.2) is 0 Å². The smallest absolute Gasteiger partial charge is 0.220 e. The molecule has 1 atom stereocenters. The minimum atomic E-state index is 0.197. The highest BCUT2D eigenvalue weighted by Gasteiger charge is 2.23. The van der Waals surface area contributed by atoms with E-state index in [1.165, 1.54) is 0 Å². The van der Waals surface area contributed by atoms with Gasteiger partial charge in [-0.25, -0.2) is 0 Å². The van der Waals surface area contributed by atoms with Crippen LogP contribution >= 0.6 is 0 Å². The van der Waals surface area contributed by atoms with E-state index in [1.54, 1.807) is 0 Å². The van der Waals surface area contributed by atoms with E-state index < -0.39 is 0 Å². The molecular formula is C16H33N3O. The van der Waals surface area contributed by atoms with Gasteiger partial charge < -0.3 is 10.2 Å². The molecule has 0 bridgehead atoms. The van der Waals surface area contributed by atoms with Crippen LogP contribution in [0.5, 0.6) is 0 Å². The highest BCUT2D eigenvalue weighted by Crippen LogP contribution is 2.13. The predicted octanol–water partition coefficient (Wildman–Crippen LogP) is 1.81. The number of nitrogens with one attached hydrogen (secondary N) is 1. The summed E-state index contributed by atoms with van der Waals surface area (Å²) in [5.74, 6) is 1.30. The van der Waals surface area contributed by atoms with E-state index >= 15 is 0 Å². The van der Waals surface area contributed by atoms with Gasteiger partial charge in [0.2, 0.25) is 5.91 Å². The lowest BCUT2D eigenvalue weighted by Gasteiger charge is -2.38. The monoisotopic (exact) mass is 283 g/mol. The second-order valence-corrected chi connectivity index (χ2v) is 7.02. The summed E-state index contributed by atoms with van der Waals surface area (Å²) in [5.41, 5.74) is 0. The summed E-state index contributed by atoms with van der Waals surface area (Å²) in [7, 11) is 2.18. The van der Waals surface area contributed by atoms with Crippen LogP contribution in [0, 0.1) is 11.8 Å². The zero-order chi connectivity index (χ0) is 15.1. The summed E-state index contributed by atoms with van der Waals surface area (Å²) < 4.78 is 0. The number of carbonyl (C=O) groups excluding carboxylic acids is 1. The van der Waals surface area contributed by atoms with Gasteiger partial charge in [0.15, 0.2) is 0 Å². The van der Waals surface area contributed by atoms with Crippen molar-refractivity contribution in [2.75, 3.05) is 39.8 Å². The maximum Gasteiger partial charge on any atom is 0.220 e. The first-order chi connectivity index (χ1) is 9.38. The van der Waals surface area contributed by atoms with Crippen LogP contribution in [0.25, 0.3) is 0 Å². The van der Waals surface area contributed by atoms with Gasteiger partial charge in [0.25, 0.3) is 0 Å². The first kappa shape index (κ1) is 17.4. The predicted molar refractivity (Wildman–Crippen MR) is 84.8 cm³/mol. The molecule has 0 spiro atoms. The standard InChI is InChI=1S/C16H33N3O/c1-13(2)10-15(12-17-16(20)11-14(3)4)19-8-6-18(5)7-9-19/h13-15H,6-12H2,1-5H3,(H,17,20). The van der Waals surface area contributed by atoms with Gasteiger partial charge in [-0.3, -0.25) is 9.69 Å². The van der Waals surface area contributed by atoms with Crippen LogP contribution < -0.4 is 5.32 Å². The molecule has 1 aliphatic rings. The van der Waals surface area contributed by atoms with Crippen molar-refractivity contribution in [3.8, 4) is 0 Å². The molecule has 1 N–H and O–H groups in total. The molecular weight excluding hydrogens is 250 g/mol. The zero-order valence-corrected chi connectivity index (χ0v) is 14.0. The molecule has 0 radical (unpaired) electrons. The Morgan fingerprint density at radius 3 is 2.15 bits per heavy atom. The van der Waals surface area contributed by atoms with Crippen LogP contribution in [-0.2, 0) is 4.79 Å². The van der Waals surface area contributed by atoms with Crippen LogP contribution in [0.3, 0.4) is 0 Å². The average Bonchev–Trinajstić information content (AvgIpc) is 2.34. The third-order valence-electron chi connectivity index (χ3n) is 3.93. The lowest BCUT2D eigenvalue weighted by atomic mass is 10.0. The molecule has 1 saturated heterocycles. The van der Waals surface area contributed by atoms with E-state index in [4.69, 9.17) is 0 Å². The Morgan fingerprint density at radius 2 is 1.65 bits per heavy atom. The Kier molecular flexibility index (Phi) is 7.52. The third kappa shape index (κ3) is 6.71. The van der Waals surface area contributed by atoms with Gasteiger partial charge in [-0.15, -0.1) is 0 Å². The molecule has 1 unspecified atom stereocenters. The molecule has 1 aliphatic heterocycles. The molecule has 4 heteroatoms.